The Kier molecular flexibility index (Phi) is 22.9. The molecule has 4 aromatic carbocycles. The number of ketones is 2. The molecular formula is C88H117N5O16S2. The molecule has 0 unspecified atom stereocenters. The van der Waals surface area contributed by atoms with E-state index >= 15 is 4.79 Å². The lowest BCUT2D eigenvalue weighted by Crippen LogP contribution is -2.49. The molecule has 5 aliphatic heterocycles. The number of carbonyl (C=O) groups excluding carboxylic acids is 8. The number of nitrogens with zero attached hydrogens (tertiary/aromatic N) is 3. The van der Waals surface area contributed by atoms with Gasteiger partial charge in [-0.1, -0.05) is 135 Å². The number of aryl methyl sites for hydroxylation is 2. The SMILES string of the molecule is CO[C@@]12C[C@@H](C(=O)C[C@]3(C(=O)NS(=O)(=O)C4CC4)C[C@H]3C3CC3)N(C1)C(=O)[C@H](C(C)(C)C)CC(=O)OCC(C)(C)CCCCc1cc(N(C)C)ccc1-c1ccc2cc1.CO[C@@]12C[C@@H](C(=O)C[C@]3(C(=O)NS(=O)(=O)C4CC4)C[C@H]3C3CC3)N(C1)C(=O)[C@H](C(C)(C)C)CC(=O)OCCCCc1cccc(c1)-c1cccc2c1. The van der Waals surface area contributed by atoms with Crippen molar-refractivity contribution in [1.29, 1.82) is 0 Å². The van der Waals surface area contributed by atoms with Crippen LogP contribution in [0.4, 0.5) is 5.69 Å². The van der Waals surface area contributed by atoms with Crippen LogP contribution in [0.2, 0.25) is 0 Å². The Balaban J connectivity index is 0.000000196. The molecule has 0 spiro atoms. The van der Waals surface area contributed by atoms with Gasteiger partial charge in [-0.3, -0.25) is 47.8 Å². The van der Waals surface area contributed by atoms with E-state index in [4.69, 9.17) is 18.9 Å². The summed E-state index contributed by atoms with van der Waals surface area (Å²) in [6, 6.07) is 29.3. The summed E-state index contributed by atoms with van der Waals surface area (Å²) in [6.45, 7) is 16.3. The Labute approximate surface area is 657 Å². The second-order valence-corrected chi connectivity index (χ2v) is 41.5. The summed E-state index contributed by atoms with van der Waals surface area (Å²) in [4.78, 5) is 120. The maximum Gasteiger partial charge on any atom is 0.306 e. The molecule has 0 aromatic heterocycles. The molecular weight excluding hydrogens is 1450 g/mol. The molecule has 10 bridgehead atoms. The monoisotopic (exact) mass is 1560 g/mol. The number of Topliss-reactive ketones (excluding diaryl/α,β-unsaturated/α-hetero) is 2. The van der Waals surface area contributed by atoms with Crippen LogP contribution in [0, 0.1) is 62.6 Å². The number of anilines is 1. The van der Waals surface area contributed by atoms with E-state index in [1.54, 1.807) is 24.0 Å². The van der Waals surface area contributed by atoms with Crippen LogP contribution in [0.5, 0.6) is 0 Å². The van der Waals surface area contributed by atoms with Crippen molar-refractivity contribution < 1.29 is 74.1 Å². The molecule has 2 saturated heterocycles. The predicted molar refractivity (Wildman–Crippen MR) is 423 cm³/mol. The number of benzene rings is 4. The van der Waals surface area contributed by atoms with Crippen LogP contribution in [-0.4, -0.2) is 151 Å². The second kappa shape index (κ2) is 31.1. The van der Waals surface area contributed by atoms with Gasteiger partial charge < -0.3 is 33.6 Å². The number of nitrogens with one attached hydrogen (secondary N) is 2. The second-order valence-electron chi connectivity index (χ2n) is 37.6. The van der Waals surface area contributed by atoms with Crippen LogP contribution in [0.1, 0.15) is 212 Å². The fourth-order valence-corrected chi connectivity index (χ4v) is 21.2. The fourth-order valence-electron chi connectivity index (χ4n) is 18.4. The molecule has 602 valence electrons. The Morgan fingerprint density at radius 1 is 0.550 bits per heavy atom. The van der Waals surface area contributed by atoms with Crippen molar-refractivity contribution in [3.63, 3.8) is 0 Å². The fraction of sp³-hybridized carbons (Fsp3) is 0.636. The van der Waals surface area contributed by atoms with Crippen LogP contribution in [-0.2, 0) is 101 Å². The van der Waals surface area contributed by atoms with Crippen molar-refractivity contribution in [1.82, 2.24) is 19.2 Å². The number of hydrogen-bond donors (Lipinski definition) is 2. The Hall–Kier alpha value is -7.34. The molecule has 4 aromatic rings. The molecule has 111 heavy (non-hydrogen) atoms. The van der Waals surface area contributed by atoms with Crippen molar-refractivity contribution in [3.8, 4) is 22.3 Å². The molecule has 6 aliphatic carbocycles. The van der Waals surface area contributed by atoms with Gasteiger partial charge in [-0.25, -0.2) is 16.8 Å². The number of esters is 2. The number of amides is 4. The third-order valence-electron chi connectivity index (χ3n) is 26.4. The van der Waals surface area contributed by atoms with Gasteiger partial charge in [0.15, 0.2) is 11.6 Å². The van der Waals surface area contributed by atoms with Gasteiger partial charge in [0.1, 0.15) is 11.2 Å². The molecule has 0 radical (unpaired) electrons. The van der Waals surface area contributed by atoms with Gasteiger partial charge in [0, 0.05) is 59.7 Å². The highest BCUT2D eigenvalue weighted by Crippen LogP contribution is 2.67. The Bertz CT molecular complexity index is 4490. The number of sulfonamides is 2. The van der Waals surface area contributed by atoms with E-state index in [-0.39, 0.29) is 117 Å². The van der Waals surface area contributed by atoms with E-state index in [9.17, 15) is 50.4 Å². The van der Waals surface area contributed by atoms with Crippen LogP contribution < -0.4 is 14.3 Å². The molecule has 2 N–H and O–H groups in total. The Morgan fingerprint density at radius 3 is 1.52 bits per heavy atom. The van der Waals surface area contributed by atoms with E-state index in [0.29, 0.717) is 44.9 Å². The van der Waals surface area contributed by atoms with Crippen LogP contribution in [0.15, 0.2) is 91.0 Å². The number of fused-ring (bicyclic) bond motifs is 20. The molecule has 15 rings (SSSR count). The lowest BCUT2D eigenvalue weighted by Gasteiger charge is -2.35. The summed E-state index contributed by atoms with van der Waals surface area (Å²) in [5.74, 6) is -4.56. The summed E-state index contributed by atoms with van der Waals surface area (Å²) in [7, 11) is -0.359. The van der Waals surface area contributed by atoms with Crippen molar-refractivity contribution in [3.05, 3.63) is 113 Å². The summed E-state index contributed by atoms with van der Waals surface area (Å²) in [6.07, 6.45) is 12.5. The third-order valence-corrected chi connectivity index (χ3v) is 30.0. The number of hydrogen-bond acceptors (Lipinski definition) is 17. The minimum atomic E-state index is -3.82. The van der Waals surface area contributed by atoms with E-state index < -0.39 is 111 Å². The zero-order chi connectivity index (χ0) is 79.8. The lowest BCUT2D eigenvalue weighted by atomic mass is 9.77. The van der Waals surface area contributed by atoms with E-state index in [1.165, 1.54) is 11.1 Å². The molecule has 5 heterocycles. The maximum atomic E-state index is 15.1. The first-order valence-electron chi connectivity index (χ1n) is 40.7. The van der Waals surface area contributed by atoms with Gasteiger partial charge in [-0.05, 0) is 205 Å². The van der Waals surface area contributed by atoms with Gasteiger partial charge in [-0.2, -0.15) is 0 Å². The van der Waals surface area contributed by atoms with Crippen molar-refractivity contribution in [2.75, 3.05) is 59.5 Å². The van der Waals surface area contributed by atoms with Crippen molar-refractivity contribution in [2.24, 2.45) is 62.6 Å². The summed E-state index contributed by atoms with van der Waals surface area (Å²) in [5, 5.41) is -1.14. The van der Waals surface area contributed by atoms with E-state index in [2.05, 4.69) is 82.8 Å². The number of cyclic esters (lactones) is 1. The van der Waals surface area contributed by atoms with Gasteiger partial charge in [-0.15, -0.1) is 0 Å². The van der Waals surface area contributed by atoms with E-state index in [1.807, 2.05) is 92.0 Å². The first-order valence-corrected chi connectivity index (χ1v) is 43.7. The molecule has 8 fully saturated rings. The number of ether oxygens (including phenoxy) is 4. The average Bonchev–Trinajstić information content (AvgIpc) is 1.55. The van der Waals surface area contributed by atoms with Crippen LogP contribution in [0.25, 0.3) is 22.3 Å². The topological polar surface area (TPSA) is 276 Å². The highest BCUT2D eigenvalue weighted by atomic mass is 32.2. The maximum absolute atomic E-state index is 15.1. The number of rotatable bonds is 17. The normalized spacial score (nSPS) is 29.4. The van der Waals surface area contributed by atoms with E-state index in [0.717, 1.165) is 103 Å². The Morgan fingerprint density at radius 2 is 1.04 bits per heavy atom. The first-order chi connectivity index (χ1) is 52.3. The predicted octanol–water partition coefficient (Wildman–Crippen LogP) is 12.9. The highest BCUT2D eigenvalue weighted by molar-refractivity contribution is 7.91. The molecule has 4 amide bonds. The molecule has 21 nitrogen and oxygen atoms in total. The van der Waals surface area contributed by atoms with Gasteiger partial charge in [0.05, 0.1) is 84.4 Å². The molecule has 6 saturated carbocycles. The summed E-state index contributed by atoms with van der Waals surface area (Å²) < 4.78 is 80.7. The number of carbonyl (C=O) groups is 8. The quantitative estimate of drug-likeness (QED) is 0.0929. The van der Waals surface area contributed by atoms with Crippen LogP contribution >= 0.6 is 0 Å². The molecule has 11 aliphatic rings. The molecule has 23 heteroatoms. The van der Waals surface area contributed by atoms with Gasteiger partial charge in [0.2, 0.25) is 43.7 Å². The largest absolute Gasteiger partial charge is 0.466 e. The minimum absolute atomic E-state index is 0.0663. The molecule has 10 atom stereocenters. The first kappa shape index (κ1) is 81.7. The minimum Gasteiger partial charge on any atom is -0.466 e. The zero-order valence-corrected chi connectivity index (χ0v) is 68.8. The number of methoxy groups -OCH3 is 2. The van der Waals surface area contributed by atoms with Crippen LogP contribution in [0.3, 0.4) is 0 Å². The third kappa shape index (κ3) is 17.8. The van der Waals surface area contributed by atoms with Crippen molar-refractivity contribution in [2.45, 2.75) is 237 Å². The summed E-state index contributed by atoms with van der Waals surface area (Å²) >= 11 is 0. The van der Waals surface area contributed by atoms with Gasteiger partial charge in [0.25, 0.3) is 0 Å². The summed E-state index contributed by atoms with van der Waals surface area (Å²) in [5.41, 5.74) is 3.45. The smallest absolute Gasteiger partial charge is 0.306 e. The standard InChI is InChI=1S/C47H65N3O8S.C41H52N2O8S/c1-44(2,3)37-24-41(52)58-29-45(4,5)22-10-9-11-32-23-34(49(6)7)18-21-36(32)30-14-16-33(17-15-30)47(57-8)26-39(50(28-47)42(37)53)40(51)27-46(25-38(46)31-12-13-31)43(54)48-59(55,56)35-19-20-35;1-39(2,3)32-21-36(45)51-18-6-5-9-26-10-7-11-28(19-26)29-12-8-13-30(20-29)41(50-4)23-34(43(25-41)37(32)46)35(44)24-40(22-33(40)27-14-15-27)38(47)42-52(48,49)31-16-17-31/h14-18,21,23,31,35,37-39H,9-13,19-20,22,24-29H2,1-8H3,(H,48,54);7-8,10-13,19-20,27,31-34H,5-6,9,14-18,21-25H2,1-4H3,(H,42,47)/t37-,38+,39+,46-,47+;32-,33+,34+,40-,41+/m11/s1. The van der Waals surface area contributed by atoms with Crippen molar-refractivity contribution >= 4 is 72.9 Å². The zero-order valence-electron chi connectivity index (χ0n) is 67.2. The highest BCUT2D eigenvalue weighted by Gasteiger charge is 2.69. The van der Waals surface area contributed by atoms with Gasteiger partial charge >= 0.3 is 11.9 Å². The average molecular weight is 1570 g/mol. The lowest BCUT2D eigenvalue weighted by molar-refractivity contribution is -0.155.